The number of ether oxygens (including phenoxy) is 2. The highest BCUT2D eigenvalue weighted by Crippen LogP contribution is 2.34. The highest BCUT2D eigenvalue weighted by atomic mass is 16.5. The molecular weight excluding hydrogens is 320 g/mol. The molecule has 25 heavy (non-hydrogen) atoms. The number of methoxy groups -OCH3 is 1. The number of nitrogens with two attached hydrogens (primary N) is 1. The number of nitrogens with zero attached hydrogens (tertiary/aromatic N) is 1. The lowest BCUT2D eigenvalue weighted by molar-refractivity contribution is -0.134. The number of esters is 2. The Kier molecular flexibility index (Phi) is 4.90. The average Bonchev–Trinajstić information content (AvgIpc) is 2.65. The van der Waals surface area contributed by atoms with Gasteiger partial charge in [0.15, 0.2) is 0 Å². The molecule has 3 aromatic rings. The normalized spacial score (nSPS) is 10.8. The second kappa shape index (κ2) is 7.27. The maximum absolute atomic E-state index is 12.1. The van der Waals surface area contributed by atoms with Gasteiger partial charge in [-0.1, -0.05) is 12.1 Å². The van der Waals surface area contributed by atoms with Gasteiger partial charge in [-0.2, -0.15) is 0 Å². The molecule has 0 amide bonds. The molecule has 1 heterocycles. The summed E-state index contributed by atoms with van der Waals surface area (Å²) in [5, 5.41) is 1.29. The van der Waals surface area contributed by atoms with Crippen molar-refractivity contribution < 1.29 is 19.1 Å². The maximum atomic E-state index is 12.1. The number of carbonyl (C=O) groups is 2. The predicted molar refractivity (Wildman–Crippen MR) is 94.5 cm³/mol. The molecule has 3 rings (SSSR count). The smallest absolute Gasteiger partial charge is 0.337 e. The number of para-hydroxylation sites is 1. The van der Waals surface area contributed by atoms with Crippen LogP contribution in [0.5, 0.6) is 5.75 Å². The van der Waals surface area contributed by atoms with Crippen LogP contribution in [-0.4, -0.2) is 30.6 Å². The fraction of sp³-hybridized carbons (Fsp3) is 0.211. The van der Waals surface area contributed by atoms with E-state index in [0.29, 0.717) is 46.1 Å². The average molecular weight is 338 g/mol. The van der Waals surface area contributed by atoms with Crippen molar-refractivity contribution >= 4 is 33.7 Å². The van der Waals surface area contributed by atoms with Crippen molar-refractivity contribution in [2.45, 2.75) is 12.8 Å². The van der Waals surface area contributed by atoms with Crippen LogP contribution in [0.25, 0.3) is 21.8 Å². The highest BCUT2D eigenvalue weighted by molar-refractivity contribution is 6.05. The highest BCUT2D eigenvalue weighted by Gasteiger charge is 2.16. The van der Waals surface area contributed by atoms with Crippen LogP contribution < -0.4 is 10.5 Å². The standard InChI is InChI=1S/C19H18N2O4/c1-24-19(23)12-8-9-16-14(11-12)18(25-17(22)7-4-10-20)13-5-2-3-6-15(13)21-16/h2-3,5-6,8-9,11H,4,7,10,20H2,1H3. The van der Waals surface area contributed by atoms with Crippen LogP contribution >= 0.6 is 0 Å². The third-order valence-electron chi connectivity index (χ3n) is 3.85. The summed E-state index contributed by atoms with van der Waals surface area (Å²) in [4.78, 5) is 28.5. The van der Waals surface area contributed by atoms with E-state index in [4.69, 9.17) is 15.2 Å². The van der Waals surface area contributed by atoms with Crippen LogP contribution in [0.1, 0.15) is 23.2 Å². The second-order valence-electron chi connectivity index (χ2n) is 5.55. The molecular formula is C19H18N2O4. The maximum Gasteiger partial charge on any atom is 0.337 e. The molecule has 128 valence electrons. The SMILES string of the molecule is COC(=O)c1ccc2nc3ccccc3c(OC(=O)CCCN)c2c1. The quantitative estimate of drug-likeness (QED) is 0.568. The fourth-order valence-electron chi connectivity index (χ4n) is 2.62. The van der Waals surface area contributed by atoms with Crippen molar-refractivity contribution in [3.63, 3.8) is 0 Å². The molecule has 2 N–H and O–H groups in total. The molecule has 1 aromatic heterocycles. The van der Waals surface area contributed by atoms with Crippen molar-refractivity contribution in [3.05, 3.63) is 48.0 Å². The van der Waals surface area contributed by atoms with E-state index in [0.717, 1.165) is 0 Å². The number of benzene rings is 2. The van der Waals surface area contributed by atoms with E-state index in [-0.39, 0.29) is 12.4 Å². The number of aromatic nitrogens is 1. The van der Waals surface area contributed by atoms with Gasteiger partial charge in [0.2, 0.25) is 0 Å². The van der Waals surface area contributed by atoms with Gasteiger partial charge in [-0.05, 0) is 43.3 Å². The zero-order chi connectivity index (χ0) is 17.8. The van der Waals surface area contributed by atoms with Gasteiger partial charge in [0.1, 0.15) is 5.75 Å². The molecule has 2 aromatic carbocycles. The molecule has 6 nitrogen and oxygen atoms in total. The van der Waals surface area contributed by atoms with E-state index < -0.39 is 5.97 Å². The first kappa shape index (κ1) is 16.9. The van der Waals surface area contributed by atoms with E-state index in [2.05, 4.69) is 4.98 Å². The summed E-state index contributed by atoms with van der Waals surface area (Å²) in [5.41, 5.74) is 7.16. The molecule has 0 saturated carbocycles. The lowest BCUT2D eigenvalue weighted by atomic mass is 10.1. The Labute approximate surface area is 144 Å². The predicted octanol–water partition coefficient (Wildman–Crippen LogP) is 2.82. The van der Waals surface area contributed by atoms with Gasteiger partial charge in [-0.3, -0.25) is 4.79 Å². The van der Waals surface area contributed by atoms with Crippen LogP contribution in [0.15, 0.2) is 42.5 Å². The monoisotopic (exact) mass is 338 g/mol. The molecule has 0 saturated heterocycles. The molecule has 0 radical (unpaired) electrons. The van der Waals surface area contributed by atoms with E-state index >= 15 is 0 Å². The summed E-state index contributed by atoms with van der Waals surface area (Å²) in [7, 11) is 1.32. The van der Waals surface area contributed by atoms with Crippen molar-refractivity contribution in [2.75, 3.05) is 13.7 Å². The molecule has 0 fully saturated rings. The van der Waals surface area contributed by atoms with E-state index in [1.807, 2.05) is 24.3 Å². The number of rotatable bonds is 5. The minimum atomic E-state index is -0.463. The van der Waals surface area contributed by atoms with Gasteiger partial charge in [-0.15, -0.1) is 0 Å². The van der Waals surface area contributed by atoms with E-state index in [1.54, 1.807) is 18.2 Å². The molecule has 0 aliphatic carbocycles. The van der Waals surface area contributed by atoms with Crippen LogP contribution in [0.4, 0.5) is 0 Å². The molecule has 0 bridgehead atoms. The van der Waals surface area contributed by atoms with Crippen LogP contribution in [0, 0.1) is 0 Å². The number of hydrogen-bond donors (Lipinski definition) is 1. The van der Waals surface area contributed by atoms with Crippen molar-refractivity contribution in [1.82, 2.24) is 4.98 Å². The van der Waals surface area contributed by atoms with Crippen molar-refractivity contribution in [1.29, 1.82) is 0 Å². The minimum Gasteiger partial charge on any atom is -0.465 e. The van der Waals surface area contributed by atoms with Crippen LogP contribution in [0.2, 0.25) is 0 Å². The lowest BCUT2D eigenvalue weighted by Crippen LogP contribution is -2.11. The number of hydrogen-bond acceptors (Lipinski definition) is 6. The Morgan fingerprint density at radius 3 is 2.60 bits per heavy atom. The zero-order valence-corrected chi connectivity index (χ0v) is 13.8. The van der Waals surface area contributed by atoms with Gasteiger partial charge >= 0.3 is 11.9 Å². The van der Waals surface area contributed by atoms with Crippen LogP contribution in [0.3, 0.4) is 0 Å². The zero-order valence-electron chi connectivity index (χ0n) is 13.8. The lowest BCUT2D eigenvalue weighted by Gasteiger charge is -2.12. The number of carbonyl (C=O) groups excluding carboxylic acids is 2. The van der Waals surface area contributed by atoms with Gasteiger partial charge in [-0.25, -0.2) is 9.78 Å². The molecule has 0 unspecified atom stereocenters. The summed E-state index contributed by atoms with van der Waals surface area (Å²) >= 11 is 0. The summed E-state index contributed by atoms with van der Waals surface area (Å²) in [6.07, 6.45) is 0.776. The third-order valence-corrected chi connectivity index (χ3v) is 3.85. The molecule has 0 atom stereocenters. The molecule has 0 aliphatic rings. The number of fused-ring (bicyclic) bond motifs is 2. The molecule has 0 spiro atoms. The Balaban J connectivity index is 2.19. The fourth-order valence-corrected chi connectivity index (χ4v) is 2.62. The van der Waals surface area contributed by atoms with Gasteiger partial charge in [0.25, 0.3) is 0 Å². The number of pyridine rings is 1. The first-order chi connectivity index (χ1) is 12.1. The Hall–Kier alpha value is -2.99. The molecule has 0 aliphatic heterocycles. The van der Waals surface area contributed by atoms with E-state index in [9.17, 15) is 9.59 Å². The summed E-state index contributed by atoms with van der Waals surface area (Å²) in [6, 6.07) is 12.4. The summed E-state index contributed by atoms with van der Waals surface area (Å²) in [5.74, 6) is -0.435. The first-order valence-corrected chi connectivity index (χ1v) is 7.95. The third kappa shape index (κ3) is 3.44. The first-order valence-electron chi connectivity index (χ1n) is 7.95. The van der Waals surface area contributed by atoms with Crippen LogP contribution in [-0.2, 0) is 9.53 Å². The Bertz CT molecular complexity index is 953. The largest absolute Gasteiger partial charge is 0.465 e. The van der Waals surface area contributed by atoms with Gasteiger partial charge < -0.3 is 15.2 Å². The Morgan fingerprint density at radius 1 is 1.08 bits per heavy atom. The summed E-state index contributed by atoms with van der Waals surface area (Å²) in [6.45, 7) is 0.416. The van der Waals surface area contributed by atoms with E-state index in [1.165, 1.54) is 7.11 Å². The molecule has 6 heteroatoms. The van der Waals surface area contributed by atoms with Gasteiger partial charge in [0.05, 0.1) is 23.7 Å². The second-order valence-corrected chi connectivity index (χ2v) is 5.55. The van der Waals surface area contributed by atoms with Crippen molar-refractivity contribution in [3.8, 4) is 5.75 Å². The van der Waals surface area contributed by atoms with Crippen molar-refractivity contribution in [2.24, 2.45) is 5.73 Å². The minimum absolute atomic E-state index is 0.228. The topological polar surface area (TPSA) is 91.5 Å². The Morgan fingerprint density at radius 2 is 1.84 bits per heavy atom. The van der Waals surface area contributed by atoms with Gasteiger partial charge in [0, 0.05) is 17.2 Å². The summed E-state index contributed by atoms with van der Waals surface area (Å²) < 4.78 is 10.4.